The lowest BCUT2D eigenvalue weighted by Gasteiger charge is -2.41. The molecule has 1 atom stereocenters. The van der Waals surface area contributed by atoms with Crippen LogP contribution in [0.15, 0.2) is 18.2 Å². The van der Waals surface area contributed by atoms with Gasteiger partial charge < -0.3 is 10.5 Å². The van der Waals surface area contributed by atoms with Crippen LogP contribution in [0.5, 0.6) is 0 Å². The highest BCUT2D eigenvalue weighted by molar-refractivity contribution is 5.40. The number of nitrogens with zero attached hydrogens (tertiary/aromatic N) is 1. The normalized spacial score (nSPS) is 24.1. The number of rotatable bonds is 2. The predicted molar refractivity (Wildman–Crippen MR) is 70.7 cm³/mol. The molecule has 3 nitrogen and oxygen atoms in total. The highest BCUT2D eigenvalue weighted by Crippen LogP contribution is 2.23. The molecule has 1 aliphatic rings. The molecule has 2 N–H and O–H groups in total. The average molecular weight is 252 g/mol. The Morgan fingerprint density at radius 2 is 2.22 bits per heavy atom. The first-order valence-corrected chi connectivity index (χ1v) is 6.30. The van der Waals surface area contributed by atoms with Crippen molar-refractivity contribution in [2.24, 2.45) is 0 Å². The highest BCUT2D eigenvalue weighted by atomic mass is 19.1. The van der Waals surface area contributed by atoms with Gasteiger partial charge in [-0.2, -0.15) is 0 Å². The van der Waals surface area contributed by atoms with Crippen molar-refractivity contribution in [1.82, 2.24) is 4.90 Å². The molecule has 18 heavy (non-hydrogen) atoms. The Balaban J connectivity index is 2.09. The molecule has 0 spiro atoms. The summed E-state index contributed by atoms with van der Waals surface area (Å²) in [6.07, 6.45) is 0.172. The van der Waals surface area contributed by atoms with Crippen LogP contribution < -0.4 is 5.73 Å². The van der Waals surface area contributed by atoms with Crippen LogP contribution in [0.2, 0.25) is 0 Å². The van der Waals surface area contributed by atoms with Gasteiger partial charge in [-0.25, -0.2) is 4.39 Å². The number of anilines is 1. The molecule has 2 rings (SSSR count). The van der Waals surface area contributed by atoms with Crippen molar-refractivity contribution in [2.75, 3.05) is 18.8 Å². The Bertz CT molecular complexity index is 434. The van der Waals surface area contributed by atoms with E-state index in [1.54, 1.807) is 12.1 Å². The summed E-state index contributed by atoms with van der Waals surface area (Å²) in [6.45, 7) is 8.41. The van der Waals surface area contributed by atoms with E-state index in [9.17, 15) is 4.39 Å². The minimum atomic E-state index is -0.230. The number of benzene rings is 1. The van der Waals surface area contributed by atoms with Crippen molar-refractivity contribution >= 4 is 5.69 Å². The fraction of sp³-hybridized carbons (Fsp3) is 0.571. The van der Waals surface area contributed by atoms with E-state index in [2.05, 4.69) is 18.7 Å². The standard InChI is InChI=1S/C14H21FN2O/c1-10-7-17(9-14(2,3)18-10)8-11-4-5-12(16)6-13(11)15/h4-6,10H,7-9,16H2,1-3H3. The van der Waals surface area contributed by atoms with Crippen molar-refractivity contribution in [3.05, 3.63) is 29.6 Å². The van der Waals surface area contributed by atoms with Crippen LogP contribution >= 0.6 is 0 Å². The molecule has 0 bridgehead atoms. The Kier molecular flexibility index (Phi) is 3.59. The third kappa shape index (κ3) is 3.21. The summed E-state index contributed by atoms with van der Waals surface area (Å²) in [5, 5.41) is 0. The molecule has 0 radical (unpaired) electrons. The Morgan fingerprint density at radius 1 is 1.50 bits per heavy atom. The summed E-state index contributed by atoms with van der Waals surface area (Å²) < 4.78 is 19.6. The fourth-order valence-electron chi connectivity index (χ4n) is 2.64. The largest absolute Gasteiger partial charge is 0.399 e. The second kappa shape index (κ2) is 4.86. The van der Waals surface area contributed by atoms with Crippen molar-refractivity contribution in [3.63, 3.8) is 0 Å². The SMILES string of the molecule is CC1CN(Cc2ccc(N)cc2F)CC(C)(C)O1. The third-order valence-electron chi connectivity index (χ3n) is 3.11. The second-order valence-corrected chi connectivity index (χ2v) is 5.71. The molecule has 0 amide bonds. The van der Waals surface area contributed by atoms with E-state index in [0.29, 0.717) is 17.8 Å². The smallest absolute Gasteiger partial charge is 0.129 e. The molecule has 1 fully saturated rings. The number of morpholine rings is 1. The van der Waals surface area contributed by atoms with Crippen molar-refractivity contribution < 1.29 is 9.13 Å². The van der Waals surface area contributed by atoms with E-state index in [1.807, 2.05) is 6.92 Å². The quantitative estimate of drug-likeness (QED) is 0.821. The molecule has 1 aromatic rings. The summed E-state index contributed by atoms with van der Waals surface area (Å²) in [4.78, 5) is 2.22. The van der Waals surface area contributed by atoms with Gasteiger partial charge >= 0.3 is 0 Å². The molecule has 0 saturated carbocycles. The molecular formula is C14H21FN2O. The van der Waals surface area contributed by atoms with Crippen molar-refractivity contribution in [3.8, 4) is 0 Å². The van der Waals surface area contributed by atoms with Crippen molar-refractivity contribution in [1.29, 1.82) is 0 Å². The molecular weight excluding hydrogens is 231 g/mol. The van der Waals surface area contributed by atoms with Crippen LogP contribution in [0.1, 0.15) is 26.3 Å². The molecule has 1 saturated heterocycles. The van der Waals surface area contributed by atoms with E-state index in [0.717, 1.165) is 13.1 Å². The molecule has 1 aromatic carbocycles. The number of halogens is 1. The maximum atomic E-state index is 13.8. The van der Waals surface area contributed by atoms with Gasteiger partial charge in [0, 0.05) is 30.9 Å². The van der Waals surface area contributed by atoms with Gasteiger partial charge in [0.05, 0.1) is 11.7 Å². The Labute approximate surface area is 108 Å². The van der Waals surface area contributed by atoms with Gasteiger partial charge in [-0.15, -0.1) is 0 Å². The summed E-state index contributed by atoms with van der Waals surface area (Å²) in [5.41, 5.74) is 6.53. The third-order valence-corrected chi connectivity index (χ3v) is 3.11. The first-order chi connectivity index (χ1) is 8.35. The molecule has 100 valence electrons. The lowest BCUT2D eigenvalue weighted by Crippen LogP contribution is -2.51. The molecule has 0 aromatic heterocycles. The van der Waals surface area contributed by atoms with Crippen LogP contribution in [-0.2, 0) is 11.3 Å². The number of hydrogen-bond acceptors (Lipinski definition) is 3. The molecule has 1 unspecified atom stereocenters. The zero-order valence-electron chi connectivity index (χ0n) is 11.2. The van der Waals surface area contributed by atoms with E-state index in [4.69, 9.17) is 10.5 Å². The van der Waals surface area contributed by atoms with Crippen LogP contribution in [0.3, 0.4) is 0 Å². The first-order valence-electron chi connectivity index (χ1n) is 6.30. The van der Waals surface area contributed by atoms with Crippen LogP contribution in [0.4, 0.5) is 10.1 Å². The summed E-state index contributed by atoms with van der Waals surface area (Å²) >= 11 is 0. The number of nitrogens with two attached hydrogens (primary N) is 1. The zero-order chi connectivity index (χ0) is 13.3. The Morgan fingerprint density at radius 3 is 2.83 bits per heavy atom. The topological polar surface area (TPSA) is 38.5 Å². The van der Waals surface area contributed by atoms with Gasteiger partial charge in [0.2, 0.25) is 0 Å². The molecule has 0 aliphatic carbocycles. The number of hydrogen-bond donors (Lipinski definition) is 1. The monoisotopic (exact) mass is 252 g/mol. The summed E-state index contributed by atoms with van der Waals surface area (Å²) in [6, 6.07) is 4.88. The minimum Gasteiger partial charge on any atom is -0.399 e. The van der Waals surface area contributed by atoms with Crippen LogP contribution in [-0.4, -0.2) is 29.7 Å². The van der Waals surface area contributed by atoms with Gasteiger partial charge in [0.1, 0.15) is 5.82 Å². The van der Waals surface area contributed by atoms with Crippen LogP contribution in [0.25, 0.3) is 0 Å². The van der Waals surface area contributed by atoms with E-state index in [1.165, 1.54) is 6.07 Å². The highest BCUT2D eigenvalue weighted by Gasteiger charge is 2.31. The minimum absolute atomic E-state index is 0.172. The number of ether oxygens (including phenoxy) is 1. The van der Waals surface area contributed by atoms with E-state index >= 15 is 0 Å². The van der Waals surface area contributed by atoms with Gasteiger partial charge in [-0.1, -0.05) is 6.07 Å². The van der Waals surface area contributed by atoms with E-state index < -0.39 is 0 Å². The van der Waals surface area contributed by atoms with Crippen LogP contribution in [0, 0.1) is 5.82 Å². The lowest BCUT2D eigenvalue weighted by atomic mass is 10.0. The average Bonchev–Trinajstić information content (AvgIpc) is 2.19. The van der Waals surface area contributed by atoms with Gasteiger partial charge in [-0.05, 0) is 32.9 Å². The fourth-order valence-corrected chi connectivity index (χ4v) is 2.64. The summed E-state index contributed by atoms with van der Waals surface area (Å²) in [7, 11) is 0. The van der Waals surface area contributed by atoms with Crippen molar-refractivity contribution in [2.45, 2.75) is 39.0 Å². The van der Waals surface area contributed by atoms with Gasteiger partial charge in [0.15, 0.2) is 0 Å². The Hall–Kier alpha value is -1.13. The lowest BCUT2D eigenvalue weighted by molar-refractivity contribution is -0.130. The number of nitrogen functional groups attached to an aromatic ring is 1. The predicted octanol–water partition coefficient (Wildman–Crippen LogP) is 2.41. The van der Waals surface area contributed by atoms with Gasteiger partial charge in [-0.3, -0.25) is 4.90 Å². The maximum Gasteiger partial charge on any atom is 0.129 e. The first kappa shape index (κ1) is 13.3. The second-order valence-electron chi connectivity index (χ2n) is 5.71. The molecule has 4 heteroatoms. The molecule has 1 heterocycles. The maximum absolute atomic E-state index is 13.8. The summed E-state index contributed by atoms with van der Waals surface area (Å²) in [5.74, 6) is -0.230. The zero-order valence-corrected chi connectivity index (χ0v) is 11.2. The molecule has 1 aliphatic heterocycles. The van der Waals surface area contributed by atoms with Gasteiger partial charge in [0.25, 0.3) is 0 Å². The van der Waals surface area contributed by atoms with E-state index in [-0.39, 0.29) is 17.5 Å².